The molecule has 9 aromatic carbocycles. The Morgan fingerprint density at radius 1 is 0.346 bits per heavy atom. The molecule has 0 bridgehead atoms. The van der Waals surface area contributed by atoms with Gasteiger partial charge in [0, 0.05) is 149 Å². The van der Waals surface area contributed by atoms with Crippen molar-refractivity contribution in [2.45, 2.75) is 107 Å². The van der Waals surface area contributed by atoms with Crippen molar-refractivity contribution in [2.75, 3.05) is 93.9 Å². The smallest absolute Gasteiger partial charge is 0.322 e. The number of carbonyl (C=O) groups is 6. The Hall–Kier alpha value is -9.11. The summed E-state index contributed by atoms with van der Waals surface area (Å²) in [5, 5.41) is 2.62. The van der Waals surface area contributed by atoms with Gasteiger partial charge >= 0.3 is 18.6 Å². The first-order valence-electron chi connectivity index (χ1n) is 36.1. The number of hydrogen-bond donors (Lipinski definition) is 0. The molecule has 6 amide bonds. The maximum Gasteiger partial charge on any atom is 0.322 e. The second-order valence-corrected chi connectivity index (χ2v) is 34.0. The number of hydrogen-bond acceptors (Lipinski definition) is 16. The summed E-state index contributed by atoms with van der Waals surface area (Å²) in [6.45, 7) is 28.4. The molecule has 9 aromatic rings. The van der Waals surface area contributed by atoms with E-state index in [-0.39, 0.29) is 67.8 Å². The third-order valence-electron chi connectivity index (χ3n) is 21.3. The lowest BCUT2D eigenvalue weighted by Gasteiger charge is -2.41. The number of piperazine rings is 2. The summed E-state index contributed by atoms with van der Waals surface area (Å²) < 4.78 is 52.1. The Balaban J connectivity index is 1.11. The van der Waals surface area contributed by atoms with Crippen LogP contribution in [0.2, 0.25) is 12.1 Å². The summed E-state index contributed by atoms with van der Waals surface area (Å²) in [5.74, 6) is -2.25. The van der Waals surface area contributed by atoms with Crippen molar-refractivity contribution < 1.29 is 65.4 Å². The largest absolute Gasteiger partial charge is 0.456 e. The van der Waals surface area contributed by atoms with E-state index in [1.54, 1.807) is 62.5 Å². The van der Waals surface area contributed by atoms with Crippen LogP contribution in [0.15, 0.2) is 97.1 Å². The molecule has 0 aliphatic carbocycles. The maximum absolute atomic E-state index is 16.5. The number of nitrogens with zero attached hydrogens (tertiary/aromatic N) is 6. The Kier molecular flexibility index (Phi) is 21.0. The number of imide groups is 2. The molecule has 22 heteroatoms. The SMILES string of the molecule is CO[SiH](CCN1CCN(C(=O)C(C(C)C)N2C(=O)c3cc(Oc4ccc(C)cc4C)c4c5c(Oc6ccc(C)cc6C)cc6c7c(cc(Oc8ccc(C)cc8C)c(c8c(Oc9ccc(C)cc9C)cc(c3c48)C2=O)c75)C(=O)N(C(C(=O)N2CCN(CC[SiH](OC)OC)CC2)C(C)C)C6=O)CC1)OC. The van der Waals surface area contributed by atoms with Gasteiger partial charge in [-0.25, -0.2) is 0 Å². The van der Waals surface area contributed by atoms with E-state index in [9.17, 15) is 0 Å². The quantitative estimate of drug-likeness (QED) is 0.0239. The van der Waals surface area contributed by atoms with Gasteiger partial charge in [0.1, 0.15) is 58.1 Å². The van der Waals surface area contributed by atoms with Crippen molar-refractivity contribution in [3.63, 3.8) is 0 Å². The second kappa shape index (κ2) is 29.8. The zero-order valence-corrected chi connectivity index (χ0v) is 64.9. The fraction of sp³-hybridized carbons (Fsp3) is 0.390. The molecule has 20 nitrogen and oxygen atoms in total. The van der Waals surface area contributed by atoms with Crippen molar-refractivity contribution in [3.05, 3.63) is 164 Å². The van der Waals surface area contributed by atoms with E-state index in [2.05, 4.69) is 9.80 Å². The molecular formula is C82H94N6O14Si2. The zero-order chi connectivity index (χ0) is 74.0. The first-order chi connectivity index (χ1) is 49.8. The van der Waals surface area contributed by atoms with E-state index >= 15 is 28.8 Å². The molecule has 0 spiro atoms. The second-order valence-electron chi connectivity index (χ2n) is 29.2. The molecule has 4 aliphatic heterocycles. The van der Waals surface area contributed by atoms with Gasteiger partial charge in [-0.3, -0.25) is 48.4 Å². The van der Waals surface area contributed by atoms with Gasteiger partial charge in [-0.05, 0) is 138 Å². The lowest BCUT2D eigenvalue weighted by molar-refractivity contribution is -0.139. The molecule has 0 saturated carbocycles. The molecule has 4 aliphatic rings. The van der Waals surface area contributed by atoms with Crippen LogP contribution in [0.3, 0.4) is 0 Å². The molecule has 13 rings (SSSR count). The molecule has 0 radical (unpaired) electrons. The summed E-state index contributed by atoms with van der Waals surface area (Å²) in [4.78, 5) is 107. The summed E-state index contributed by atoms with van der Waals surface area (Å²) in [6, 6.07) is 28.9. The van der Waals surface area contributed by atoms with Gasteiger partial charge in [0.25, 0.3) is 23.6 Å². The number of aryl methyl sites for hydroxylation is 8. The summed E-state index contributed by atoms with van der Waals surface area (Å²) >= 11 is 0. The van der Waals surface area contributed by atoms with Gasteiger partial charge in [0.2, 0.25) is 11.8 Å². The van der Waals surface area contributed by atoms with E-state index < -0.39 is 66.1 Å². The lowest BCUT2D eigenvalue weighted by atomic mass is 9.80. The van der Waals surface area contributed by atoms with Gasteiger partial charge in [0.05, 0.1) is 22.3 Å². The summed E-state index contributed by atoms with van der Waals surface area (Å²) in [7, 11) is 2.99. The Bertz CT molecular complexity index is 4380. The molecule has 2 atom stereocenters. The van der Waals surface area contributed by atoms with Crippen molar-refractivity contribution in [3.8, 4) is 46.0 Å². The topological polar surface area (TPSA) is 196 Å². The Labute approximate surface area is 611 Å². The third-order valence-corrected chi connectivity index (χ3v) is 24.8. The molecule has 4 heterocycles. The van der Waals surface area contributed by atoms with Gasteiger partial charge in [-0.2, -0.15) is 0 Å². The van der Waals surface area contributed by atoms with E-state index in [1.807, 2.05) is 156 Å². The van der Waals surface area contributed by atoms with Crippen molar-refractivity contribution in [2.24, 2.45) is 11.8 Å². The van der Waals surface area contributed by atoms with Gasteiger partial charge in [-0.15, -0.1) is 0 Å². The highest BCUT2D eigenvalue weighted by Gasteiger charge is 2.49. The average Bonchev–Trinajstić information content (AvgIpc) is 0.670. The van der Waals surface area contributed by atoms with Gasteiger partial charge < -0.3 is 46.5 Å². The minimum absolute atomic E-state index is 0.0812. The van der Waals surface area contributed by atoms with Crippen LogP contribution < -0.4 is 18.9 Å². The van der Waals surface area contributed by atoms with E-state index in [4.69, 9.17) is 36.7 Å². The number of fused-ring (bicyclic) bond motifs is 2. The number of benzene rings is 9. The van der Waals surface area contributed by atoms with E-state index in [0.29, 0.717) is 108 Å². The zero-order valence-electron chi connectivity index (χ0n) is 62.6. The third kappa shape index (κ3) is 13.5. The molecule has 0 aromatic heterocycles. The average molecular weight is 1440 g/mol. The first-order valence-corrected chi connectivity index (χ1v) is 39.6. The normalized spacial score (nSPS) is 16.0. The van der Waals surface area contributed by atoms with Crippen LogP contribution in [-0.2, 0) is 27.3 Å². The van der Waals surface area contributed by atoms with Crippen molar-refractivity contribution in [1.82, 2.24) is 29.4 Å². The Morgan fingerprint density at radius 3 is 0.817 bits per heavy atom. The Morgan fingerprint density at radius 2 is 0.596 bits per heavy atom. The van der Waals surface area contributed by atoms with Crippen LogP contribution in [-0.4, -0.2) is 189 Å². The number of amides is 6. The molecule has 2 unspecified atom stereocenters. The summed E-state index contributed by atoms with van der Waals surface area (Å²) in [5.41, 5.74) is 7.31. The predicted molar refractivity (Wildman–Crippen MR) is 408 cm³/mol. The molecular weight excluding hydrogens is 1350 g/mol. The fourth-order valence-corrected chi connectivity index (χ4v) is 18.4. The molecule has 2 saturated heterocycles. The number of ether oxygens (including phenoxy) is 4. The molecule has 104 heavy (non-hydrogen) atoms. The number of carbonyl (C=O) groups excluding carboxylic acids is 6. The minimum Gasteiger partial charge on any atom is -0.456 e. The highest BCUT2D eigenvalue weighted by atomic mass is 28.3. The molecule has 2 fully saturated rings. The van der Waals surface area contributed by atoms with Crippen molar-refractivity contribution >= 4 is 97.1 Å². The van der Waals surface area contributed by atoms with Crippen LogP contribution in [0.1, 0.15) is 114 Å². The van der Waals surface area contributed by atoms with E-state index in [1.165, 1.54) is 0 Å². The van der Waals surface area contributed by atoms with Crippen LogP contribution in [0.4, 0.5) is 0 Å². The monoisotopic (exact) mass is 1440 g/mol. The highest BCUT2D eigenvalue weighted by molar-refractivity contribution is 6.46. The highest BCUT2D eigenvalue weighted by Crippen LogP contribution is 2.59. The van der Waals surface area contributed by atoms with E-state index in [0.717, 1.165) is 79.5 Å². The molecule has 0 N–H and O–H groups in total. The lowest BCUT2D eigenvalue weighted by Crippen LogP contribution is -2.59. The maximum atomic E-state index is 16.5. The van der Waals surface area contributed by atoms with Crippen LogP contribution in [0, 0.1) is 67.2 Å². The number of rotatable bonds is 24. The predicted octanol–water partition coefficient (Wildman–Crippen LogP) is 13.9. The minimum atomic E-state index is -1.85. The van der Waals surface area contributed by atoms with Crippen molar-refractivity contribution in [1.29, 1.82) is 0 Å². The van der Waals surface area contributed by atoms with Crippen LogP contribution >= 0.6 is 0 Å². The first kappa shape index (κ1) is 73.2. The van der Waals surface area contributed by atoms with Crippen LogP contribution in [0.25, 0.3) is 43.1 Å². The molecule has 544 valence electrons. The van der Waals surface area contributed by atoms with Gasteiger partial charge in [-0.1, -0.05) is 98.5 Å². The van der Waals surface area contributed by atoms with Gasteiger partial charge in [0.15, 0.2) is 0 Å². The standard InChI is InChI=1S/C82H94N6O14Si2/c1-45(2)75(81(93)85-29-25-83(26-30-85)33-35-103(95-13)96-14)87-77(89)55-41-63(99-59-21-17-47(5)37-51(59)9)69-71-65(101-61-23-19-49(7)39-53(61)11)43-57-68-58(80(92)88(79(57)91)76(46(3)4)82(94)86-31-27-84(28-32-86)34-36-104(97-15)98-16)44-66(102-62-24-20-50(8)40-54(62)12)72(74(68)71)70-64(42-56(78(87)90)67(55)73(69)70)100-60-22-18-48(6)38-52(60)10/h17-24,37-46,75-76,103-104H,25-36H2,1-16H3. The van der Waals surface area contributed by atoms with Crippen LogP contribution in [0.5, 0.6) is 46.0 Å². The summed E-state index contributed by atoms with van der Waals surface area (Å²) in [6.07, 6.45) is 0. The fourth-order valence-electron chi connectivity index (χ4n) is 15.9.